The van der Waals surface area contributed by atoms with Gasteiger partial charge < -0.3 is 9.84 Å². The van der Waals surface area contributed by atoms with Crippen molar-refractivity contribution in [3.05, 3.63) is 28.8 Å². The van der Waals surface area contributed by atoms with E-state index >= 15 is 0 Å². The first-order chi connectivity index (χ1) is 8.13. The zero-order chi connectivity index (χ0) is 13.7. The lowest BCUT2D eigenvalue weighted by atomic mass is 9.79. The molecule has 4 heteroatoms. The van der Waals surface area contributed by atoms with Crippen molar-refractivity contribution in [3.63, 3.8) is 0 Å². The van der Waals surface area contributed by atoms with Gasteiger partial charge in [-0.3, -0.25) is 0 Å². The summed E-state index contributed by atoms with van der Waals surface area (Å²) in [6, 6.07) is 3.49. The molecule has 0 aliphatic carbocycles. The van der Waals surface area contributed by atoms with Gasteiger partial charge in [-0.15, -0.1) is 12.4 Å². The Morgan fingerprint density at radius 1 is 1.32 bits per heavy atom. The second kappa shape index (κ2) is 4.71. The average Bonchev–Trinajstić information content (AvgIpc) is 2.52. The molecule has 0 fully saturated rings. The van der Waals surface area contributed by atoms with Crippen LogP contribution in [0.25, 0.3) is 0 Å². The predicted molar refractivity (Wildman–Crippen MR) is 77.9 cm³/mol. The quantitative estimate of drug-likeness (QED) is 0.854. The molecule has 0 saturated carbocycles. The van der Waals surface area contributed by atoms with E-state index in [0.29, 0.717) is 12.2 Å². The second-order valence-electron chi connectivity index (χ2n) is 6.63. The molecule has 0 atom stereocenters. The zero-order valence-electron chi connectivity index (χ0n) is 12.0. The van der Waals surface area contributed by atoms with Crippen LogP contribution >= 0.6 is 12.4 Å². The number of fused-ring (bicyclic) bond motifs is 1. The van der Waals surface area contributed by atoms with Crippen LogP contribution in [0.2, 0.25) is 0 Å². The highest BCUT2D eigenvalue weighted by molar-refractivity contribution is 5.89. The van der Waals surface area contributed by atoms with Gasteiger partial charge >= 0.3 is 5.97 Å². The van der Waals surface area contributed by atoms with Crippen LogP contribution in [-0.2, 0) is 10.8 Å². The van der Waals surface area contributed by atoms with Gasteiger partial charge in [0.05, 0.1) is 12.2 Å². The fourth-order valence-corrected chi connectivity index (χ4v) is 2.30. The first-order valence-electron chi connectivity index (χ1n) is 6.18. The van der Waals surface area contributed by atoms with Crippen LogP contribution < -0.4 is 4.74 Å². The van der Waals surface area contributed by atoms with E-state index in [4.69, 9.17) is 4.74 Å². The Balaban J connectivity index is 0.00000180. The number of hydrogen-bond donors (Lipinski definition) is 1. The van der Waals surface area contributed by atoms with Crippen molar-refractivity contribution in [2.24, 2.45) is 0 Å². The molecule has 1 N–H and O–H groups in total. The van der Waals surface area contributed by atoms with E-state index in [9.17, 15) is 9.90 Å². The molecule has 0 bridgehead atoms. The third-order valence-corrected chi connectivity index (χ3v) is 3.45. The molecule has 1 heterocycles. The van der Waals surface area contributed by atoms with Crippen LogP contribution in [0.1, 0.15) is 56.1 Å². The second-order valence-corrected chi connectivity index (χ2v) is 6.63. The van der Waals surface area contributed by atoms with Crippen molar-refractivity contribution in [1.29, 1.82) is 0 Å². The summed E-state index contributed by atoms with van der Waals surface area (Å²) in [4.78, 5) is 11.3. The number of hydrogen-bond acceptors (Lipinski definition) is 2. The van der Waals surface area contributed by atoms with E-state index < -0.39 is 5.97 Å². The van der Waals surface area contributed by atoms with Gasteiger partial charge in [-0.05, 0) is 17.5 Å². The van der Waals surface area contributed by atoms with E-state index in [0.717, 1.165) is 16.9 Å². The van der Waals surface area contributed by atoms with Gasteiger partial charge in [0.2, 0.25) is 0 Å². The summed E-state index contributed by atoms with van der Waals surface area (Å²) in [6.45, 7) is 11.0. The summed E-state index contributed by atoms with van der Waals surface area (Å²) in [5.41, 5.74) is 2.07. The molecule has 0 radical (unpaired) electrons. The number of aromatic carboxylic acids is 1. The molecule has 0 saturated heterocycles. The summed E-state index contributed by atoms with van der Waals surface area (Å²) >= 11 is 0. The molecular weight excluding hydrogens is 264 g/mol. The van der Waals surface area contributed by atoms with Gasteiger partial charge in [0.1, 0.15) is 5.75 Å². The van der Waals surface area contributed by atoms with Gasteiger partial charge in [0.15, 0.2) is 0 Å². The Labute approximate surface area is 120 Å². The number of ether oxygens (including phenoxy) is 1. The van der Waals surface area contributed by atoms with E-state index in [1.165, 1.54) is 0 Å². The smallest absolute Gasteiger partial charge is 0.335 e. The molecule has 1 aromatic carbocycles. The molecule has 0 amide bonds. The molecule has 3 nitrogen and oxygen atoms in total. The normalized spacial score (nSPS) is 16.3. The first kappa shape index (κ1) is 15.8. The largest absolute Gasteiger partial charge is 0.492 e. The fourth-order valence-electron chi connectivity index (χ4n) is 2.30. The van der Waals surface area contributed by atoms with Crippen LogP contribution in [0, 0.1) is 0 Å². The lowest BCUT2D eigenvalue weighted by Gasteiger charge is -2.23. The average molecular weight is 285 g/mol. The highest BCUT2D eigenvalue weighted by atomic mass is 35.5. The topological polar surface area (TPSA) is 46.5 Å². The molecule has 0 unspecified atom stereocenters. The van der Waals surface area contributed by atoms with Crippen LogP contribution in [0.4, 0.5) is 0 Å². The summed E-state index contributed by atoms with van der Waals surface area (Å²) in [5.74, 6) is -0.0106. The van der Waals surface area contributed by atoms with Crippen molar-refractivity contribution in [2.75, 3.05) is 6.61 Å². The highest BCUT2D eigenvalue weighted by Gasteiger charge is 2.36. The van der Waals surface area contributed by atoms with Crippen LogP contribution in [0.5, 0.6) is 5.75 Å². The molecular formula is C15H21ClO3. The molecule has 2 rings (SSSR count). The lowest BCUT2D eigenvalue weighted by molar-refractivity contribution is 0.0696. The van der Waals surface area contributed by atoms with Crippen molar-refractivity contribution in [2.45, 2.75) is 45.4 Å². The third-order valence-electron chi connectivity index (χ3n) is 3.45. The number of carboxylic acids is 1. The third kappa shape index (κ3) is 2.71. The molecule has 0 spiro atoms. The minimum Gasteiger partial charge on any atom is -0.492 e. The number of rotatable bonds is 1. The van der Waals surface area contributed by atoms with Gasteiger partial charge in [0.25, 0.3) is 0 Å². The van der Waals surface area contributed by atoms with Crippen LogP contribution in [0.3, 0.4) is 0 Å². The number of halogens is 1. The Bertz CT molecular complexity index is 513. The SMILES string of the molecule is CC(C)(C)c1cc(C(=O)O)cc2c1OCC2(C)C.Cl. The van der Waals surface area contributed by atoms with Crippen molar-refractivity contribution < 1.29 is 14.6 Å². The van der Waals surface area contributed by atoms with Crippen LogP contribution in [0.15, 0.2) is 12.1 Å². The van der Waals surface area contributed by atoms with E-state index in [1.807, 2.05) is 0 Å². The minimum atomic E-state index is -0.883. The van der Waals surface area contributed by atoms with Crippen LogP contribution in [-0.4, -0.2) is 17.7 Å². The zero-order valence-corrected chi connectivity index (χ0v) is 12.9. The summed E-state index contributed by atoms with van der Waals surface area (Å²) in [7, 11) is 0. The van der Waals surface area contributed by atoms with Gasteiger partial charge in [-0.1, -0.05) is 34.6 Å². The fraction of sp³-hybridized carbons (Fsp3) is 0.533. The minimum absolute atomic E-state index is 0. The maximum Gasteiger partial charge on any atom is 0.335 e. The van der Waals surface area contributed by atoms with E-state index in [-0.39, 0.29) is 23.2 Å². The maximum absolute atomic E-state index is 11.3. The van der Waals surface area contributed by atoms with Crippen molar-refractivity contribution >= 4 is 18.4 Å². The molecule has 0 aromatic heterocycles. The van der Waals surface area contributed by atoms with Gasteiger partial charge in [0, 0.05) is 16.5 Å². The van der Waals surface area contributed by atoms with Gasteiger partial charge in [-0.2, -0.15) is 0 Å². The molecule has 106 valence electrons. The lowest BCUT2D eigenvalue weighted by Crippen LogP contribution is -2.19. The van der Waals surface area contributed by atoms with E-state index in [2.05, 4.69) is 34.6 Å². The summed E-state index contributed by atoms with van der Waals surface area (Å²) in [6.07, 6.45) is 0. The molecule has 19 heavy (non-hydrogen) atoms. The standard InChI is InChI=1S/C15H20O3.ClH/c1-14(2,3)10-6-9(13(16)17)7-11-12(10)18-8-15(11,4)5;/h6-7H,8H2,1-5H3,(H,16,17);1H. The molecule has 1 aliphatic rings. The summed E-state index contributed by atoms with van der Waals surface area (Å²) < 4.78 is 5.81. The van der Waals surface area contributed by atoms with Gasteiger partial charge in [-0.25, -0.2) is 4.79 Å². The Hall–Kier alpha value is -1.22. The Morgan fingerprint density at radius 2 is 1.89 bits per heavy atom. The molecule has 1 aliphatic heterocycles. The molecule has 1 aromatic rings. The van der Waals surface area contributed by atoms with E-state index in [1.54, 1.807) is 12.1 Å². The highest BCUT2D eigenvalue weighted by Crippen LogP contribution is 2.45. The number of carboxylic acid groups (broad SMARTS) is 1. The van der Waals surface area contributed by atoms with Crippen molar-refractivity contribution in [3.8, 4) is 5.75 Å². The number of benzene rings is 1. The maximum atomic E-state index is 11.3. The predicted octanol–water partition coefficient (Wildman–Crippen LogP) is 3.77. The Kier molecular flexibility index (Phi) is 3.93. The Morgan fingerprint density at radius 3 is 2.37 bits per heavy atom. The summed E-state index contributed by atoms with van der Waals surface area (Å²) in [5, 5.41) is 9.24. The van der Waals surface area contributed by atoms with Crippen molar-refractivity contribution in [1.82, 2.24) is 0 Å². The first-order valence-corrected chi connectivity index (χ1v) is 6.18. The monoisotopic (exact) mass is 284 g/mol. The number of carbonyl (C=O) groups is 1.